The molecule has 0 unspecified atom stereocenters. The minimum absolute atomic E-state index is 0.247. The lowest BCUT2D eigenvalue weighted by atomic mass is 10.00. The van der Waals surface area contributed by atoms with Crippen molar-refractivity contribution in [3.05, 3.63) is 70.8 Å². The van der Waals surface area contributed by atoms with Crippen LogP contribution in [0.4, 0.5) is 13.2 Å². The molecule has 0 atom stereocenters. The van der Waals surface area contributed by atoms with Crippen molar-refractivity contribution in [2.45, 2.75) is 12.7 Å². The molecule has 2 aromatic rings. The van der Waals surface area contributed by atoms with Crippen molar-refractivity contribution in [2.75, 3.05) is 26.3 Å². The minimum atomic E-state index is -4.40. The average molecular weight is 349 g/mol. The number of carbonyl (C=O) groups is 1. The van der Waals surface area contributed by atoms with E-state index in [0.717, 1.165) is 37.3 Å². The van der Waals surface area contributed by atoms with Crippen LogP contribution in [0.2, 0.25) is 0 Å². The molecule has 1 aliphatic heterocycles. The highest BCUT2D eigenvalue weighted by Crippen LogP contribution is 2.29. The Morgan fingerprint density at radius 3 is 2.32 bits per heavy atom. The zero-order valence-electron chi connectivity index (χ0n) is 13.6. The van der Waals surface area contributed by atoms with Gasteiger partial charge in [0.1, 0.15) is 0 Å². The van der Waals surface area contributed by atoms with Crippen LogP contribution in [0.25, 0.3) is 0 Å². The normalized spacial score (nSPS) is 16.0. The number of halogens is 3. The van der Waals surface area contributed by atoms with E-state index < -0.39 is 11.7 Å². The summed E-state index contributed by atoms with van der Waals surface area (Å²) in [5.41, 5.74) is 0.965. The van der Waals surface area contributed by atoms with Gasteiger partial charge in [0.25, 0.3) is 0 Å². The van der Waals surface area contributed by atoms with Crippen LogP contribution in [0.3, 0.4) is 0 Å². The van der Waals surface area contributed by atoms with E-state index in [1.54, 1.807) is 18.2 Å². The Morgan fingerprint density at radius 2 is 1.68 bits per heavy atom. The van der Waals surface area contributed by atoms with E-state index in [4.69, 9.17) is 4.74 Å². The van der Waals surface area contributed by atoms with Crippen LogP contribution in [0.15, 0.2) is 48.5 Å². The number of ketones is 1. The Morgan fingerprint density at radius 1 is 1.00 bits per heavy atom. The van der Waals surface area contributed by atoms with Crippen molar-refractivity contribution < 1.29 is 22.7 Å². The summed E-state index contributed by atoms with van der Waals surface area (Å²) in [6.45, 7) is 3.81. The summed E-state index contributed by atoms with van der Waals surface area (Å²) in [6.07, 6.45) is -4.40. The maximum absolute atomic E-state index is 12.6. The maximum Gasteiger partial charge on any atom is 0.416 e. The van der Waals surface area contributed by atoms with Gasteiger partial charge in [-0.25, -0.2) is 0 Å². The fourth-order valence-electron chi connectivity index (χ4n) is 2.81. The number of hydrogen-bond donors (Lipinski definition) is 0. The Hall–Kier alpha value is -2.18. The van der Waals surface area contributed by atoms with Crippen molar-refractivity contribution in [3.63, 3.8) is 0 Å². The summed E-state index contributed by atoms with van der Waals surface area (Å²) in [7, 11) is 0. The van der Waals surface area contributed by atoms with Crippen LogP contribution in [-0.2, 0) is 17.5 Å². The van der Waals surface area contributed by atoms with E-state index in [1.165, 1.54) is 12.1 Å². The number of hydrogen-bond acceptors (Lipinski definition) is 3. The van der Waals surface area contributed by atoms with Gasteiger partial charge in [-0.1, -0.05) is 30.3 Å². The maximum atomic E-state index is 12.6. The number of morpholine rings is 1. The van der Waals surface area contributed by atoms with Crippen LogP contribution >= 0.6 is 0 Å². The molecule has 0 bridgehead atoms. The molecule has 0 aliphatic carbocycles. The molecule has 0 radical (unpaired) electrons. The summed E-state index contributed by atoms with van der Waals surface area (Å²) < 4.78 is 43.2. The highest BCUT2D eigenvalue weighted by atomic mass is 19.4. The van der Waals surface area contributed by atoms with E-state index >= 15 is 0 Å². The molecule has 3 rings (SSSR count). The Kier molecular flexibility index (Phi) is 5.20. The molecule has 1 aliphatic rings. The SMILES string of the molecule is O=C(c1ccc(C(F)(F)F)cc1)c1cccc(CN2CCOCC2)c1. The third-order valence-electron chi connectivity index (χ3n) is 4.17. The molecule has 0 saturated carbocycles. The third kappa shape index (κ3) is 4.46. The fourth-order valence-corrected chi connectivity index (χ4v) is 2.81. The monoisotopic (exact) mass is 349 g/mol. The standard InChI is InChI=1S/C19H18F3NO2/c20-19(21,22)17-6-4-15(5-7-17)18(24)16-3-1-2-14(12-16)13-23-8-10-25-11-9-23/h1-7,12H,8-11,13H2. The lowest BCUT2D eigenvalue weighted by molar-refractivity contribution is -0.137. The summed E-state index contributed by atoms with van der Waals surface area (Å²) in [4.78, 5) is 14.8. The van der Waals surface area contributed by atoms with Crippen molar-refractivity contribution in [1.29, 1.82) is 0 Å². The first-order valence-electron chi connectivity index (χ1n) is 8.04. The van der Waals surface area contributed by atoms with Gasteiger partial charge in [-0.2, -0.15) is 13.2 Å². The summed E-state index contributed by atoms with van der Waals surface area (Å²) in [6, 6.07) is 11.5. The molecule has 0 aromatic heterocycles. The number of ether oxygens (including phenoxy) is 1. The van der Waals surface area contributed by atoms with Crippen LogP contribution < -0.4 is 0 Å². The molecule has 2 aromatic carbocycles. The van der Waals surface area contributed by atoms with E-state index in [9.17, 15) is 18.0 Å². The summed E-state index contributed by atoms with van der Waals surface area (Å²) >= 11 is 0. The summed E-state index contributed by atoms with van der Waals surface area (Å²) in [5.74, 6) is -0.280. The Bertz CT molecular complexity index is 735. The van der Waals surface area contributed by atoms with Gasteiger partial charge in [0.05, 0.1) is 18.8 Å². The molecule has 0 N–H and O–H groups in total. The van der Waals surface area contributed by atoms with Crippen molar-refractivity contribution >= 4 is 5.78 Å². The molecule has 25 heavy (non-hydrogen) atoms. The number of rotatable bonds is 4. The van der Waals surface area contributed by atoms with Gasteiger partial charge in [-0.05, 0) is 23.8 Å². The first-order valence-corrected chi connectivity index (χ1v) is 8.04. The molecular formula is C19H18F3NO2. The van der Waals surface area contributed by atoms with Gasteiger partial charge in [0.15, 0.2) is 5.78 Å². The molecule has 132 valence electrons. The highest BCUT2D eigenvalue weighted by Gasteiger charge is 2.30. The second kappa shape index (κ2) is 7.37. The molecular weight excluding hydrogens is 331 g/mol. The van der Waals surface area contributed by atoms with Crippen LogP contribution in [-0.4, -0.2) is 37.0 Å². The fraction of sp³-hybridized carbons (Fsp3) is 0.316. The van der Waals surface area contributed by atoms with Crippen molar-refractivity contribution in [2.24, 2.45) is 0 Å². The Balaban J connectivity index is 1.74. The van der Waals surface area contributed by atoms with Gasteiger partial charge in [0, 0.05) is 30.8 Å². The molecule has 0 spiro atoms. The predicted octanol–water partition coefficient (Wildman–Crippen LogP) is 3.77. The first kappa shape index (κ1) is 17.6. The number of carbonyl (C=O) groups excluding carboxylic acids is 1. The van der Waals surface area contributed by atoms with E-state index in [2.05, 4.69) is 4.90 Å². The van der Waals surface area contributed by atoms with Crippen molar-refractivity contribution in [1.82, 2.24) is 4.90 Å². The number of benzene rings is 2. The zero-order chi connectivity index (χ0) is 17.9. The van der Waals surface area contributed by atoms with Gasteiger partial charge in [-0.15, -0.1) is 0 Å². The molecule has 3 nitrogen and oxygen atoms in total. The highest BCUT2D eigenvalue weighted by molar-refractivity contribution is 6.09. The molecule has 0 amide bonds. The van der Waals surface area contributed by atoms with Gasteiger partial charge < -0.3 is 4.74 Å². The largest absolute Gasteiger partial charge is 0.416 e. The predicted molar refractivity (Wildman–Crippen MR) is 87.4 cm³/mol. The summed E-state index contributed by atoms with van der Waals surface area (Å²) in [5, 5.41) is 0. The average Bonchev–Trinajstić information content (AvgIpc) is 2.61. The second-order valence-electron chi connectivity index (χ2n) is 5.99. The molecule has 1 fully saturated rings. The first-order chi connectivity index (χ1) is 11.9. The topological polar surface area (TPSA) is 29.5 Å². The minimum Gasteiger partial charge on any atom is -0.379 e. The number of alkyl halides is 3. The van der Waals surface area contributed by atoms with Gasteiger partial charge in [-0.3, -0.25) is 9.69 Å². The third-order valence-corrected chi connectivity index (χ3v) is 4.17. The van der Waals surface area contributed by atoms with E-state index in [1.807, 2.05) is 6.07 Å². The van der Waals surface area contributed by atoms with Gasteiger partial charge >= 0.3 is 6.18 Å². The lowest BCUT2D eigenvalue weighted by Gasteiger charge is -2.26. The molecule has 6 heteroatoms. The smallest absolute Gasteiger partial charge is 0.379 e. The van der Waals surface area contributed by atoms with E-state index in [0.29, 0.717) is 18.8 Å². The lowest BCUT2D eigenvalue weighted by Crippen LogP contribution is -2.35. The number of nitrogens with zero attached hydrogens (tertiary/aromatic N) is 1. The van der Waals surface area contributed by atoms with E-state index in [-0.39, 0.29) is 11.3 Å². The molecule has 1 saturated heterocycles. The van der Waals surface area contributed by atoms with Crippen LogP contribution in [0.5, 0.6) is 0 Å². The van der Waals surface area contributed by atoms with Gasteiger partial charge in [0.2, 0.25) is 0 Å². The zero-order valence-corrected chi connectivity index (χ0v) is 13.6. The van der Waals surface area contributed by atoms with Crippen LogP contribution in [0.1, 0.15) is 27.0 Å². The van der Waals surface area contributed by atoms with Crippen LogP contribution in [0, 0.1) is 0 Å². The second-order valence-corrected chi connectivity index (χ2v) is 5.99. The Labute approximate surface area is 144 Å². The molecule has 1 heterocycles. The quantitative estimate of drug-likeness (QED) is 0.787. The van der Waals surface area contributed by atoms with Crippen molar-refractivity contribution in [3.8, 4) is 0 Å².